The molecule has 0 saturated carbocycles. The van der Waals surface area contributed by atoms with Crippen LogP contribution < -0.4 is 20.7 Å². The lowest BCUT2D eigenvalue weighted by atomic mass is 10.0. The third-order valence-corrected chi connectivity index (χ3v) is 6.80. The van der Waals surface area contributed by atoms with Gasteiger partial charge in [0, 0.05) is 19.2 Å². The molecule has 0 atom stereocenters. The number of hydrogen-bond acceptors (Lipinski definition) is 5. The van der Waals surface area contributed by atoms with Gasteiger partial charge in [0.2, 0.25) is 0 Å². The first-order valence-electron chi connectivity index (χ1n) is 11.6. The molecular formula is C28H26N4O5S. The fourth-order valence-electron chi connectivity index (χ4n) is 3.79. The Morgan fingerprint density at radius 3 is 2.18 bits per heavy atom. The molecule has 0 aliphatic carbocycles. The molecule has 0 aromatic heterocycles. The largest absolute Gasteiger partial charge is 0.397 e. The number of anilines is 3. The zero-order chi connectivity index (χ0) is 27.3. The highest BCUT2D eigenvalue weighted by Gasteiger charge is 2.20. The second-order valence-electron chi connectivity index (χ2n) is 8.46. The van der Waals surface area contributed by atoms with E-state index in [4.69, 9.17) is 5.73 Å². The van der Waals surface area contributed by atoms with Gasteiger partial charge >= 0.3 is 10.3 Å². The minimum atomic E-state index is -4.53. The molecular weight excluding hydrogens is 504 g/mol. The van der Waals surface area contributed by atoms with Crippen LogP contribution in [0.4, 0.5) is 17.1 Å². The predicted molar refractivity (Wildman–Crippen MR) is 148 cm³/mol. The summed E-state index contributed by atoms with van der Waals surface area (Å²) in [4.78, 5) is 25.6. The van der Waals surface area contributed by atoms with Crippen LogP contribution in [0.3, 0.4) is 0 Å². The maximum atomic E-state index is 12.8. The summed E-state index contributed by atoms with van der Waals surface area (Å²) < 4.78 is 32.9. The van der Waals surface area contributed by atoms with Crippen LogP contribution >= 0.6 is 0 Å². The van der Waals surface area contributed by atoms with E-state index >= 15 is 0 Å². The smallest absolute Gasteiger partial charge is 0.359 e. The average Bonchev–Trinajstić information content (AvgIpc) is 2.92. The number of para-hydroxylation sites is 1. The van der Waals surface area contributed by atoms with Gasteiger partial charge in [0.1, 0.15) is 0 Å². The Hall–Kier alpha value is -4.67. The number of nitrogens with two attached hydrogens (primary N) is 1. The first-order chi connectivity index (χ1) is 18.1. The summed E-state index contributed by atoms with van der Waals surface area (Å²) in [6.07, 6.45) is 0. The summed E-state index contributed by atoms with van der Waals surface area (Å²) in [5.74, 6) is -0.855. The molecule has 5 N–H and O–H groups in total. The maximum absolute atomic E-state index is 12.8. The molecule has 0 unspecified atom stereocenters. The van der Waals surface area contributed by atoms with Crippen LogP contribution in [0.5, 0.6) is 0 Å². The Bertz CT molecular complexity index is 1570. The van der Waals surface area contributed by atoms with Crippen LogP contribution in [0.2, 0.25) is 0 Å². The van der Waals surface area contributed by atoms with E-state index in [1.165, 1.54) is 12.1 Å². The van der Waals surface area contributed by atoms with Crippen molar-refractivity contribution >= 4 is 39.2 Å². The number of amides is 2. The normalized spacial score (nSPS) is 11.0. The molecule has 4 rings (SSSR count). The number of hydrogen-bond donors (Lipinski definition) is 4. The van der Waals surface area contributed by atoms with Gasteiger partial charge in [0.05, 0.1) is 22.6 Å². The van der Waals surface area contributed by atoms with E-state index in [9.17, 15) is 22.6 Å². The first-order valence-corrected chi connectivity index (χ1v) is 13.0. The summed E-state index contributed by atoms with van der Waals surface area (Å²) in [6.45, 7) is 0.136. The number of nitrogens with zero attached hydrogens (tertiary/aromatic N) is 1. The summed E-state index contributed by atoms with van der Waals surface area (Å²) in [7, 11) is -3.38. The van der Waals surface area contributed by atoms with Gasteiger partial charge in [-0.3, -0.25) is 18.4 Å². The maximum Gasteiger partial charge on any atom is 0.359 e. The number of carbonyl (C=O) groups excluding carboxylic acids is 2. The number of carbonyl (C=O) groups is 2. The van der Waals surface area contributed by atoms with Crippen molar-refractivity contribution in [2.45, 2.75) is 6.54 Å². The minimum Gasteiger partial charge on any atom is -0.397 e. The van der Waals surface area contributed by atoms with E-state index in [1.54, 1.807) is 42.5 Å². The van der Waals surface area contributed by atoms with E-state index in [0.29, 0.717) is 21.2 Å². The molecule has 38 heavy (non-hydrogen) atoms. The van der Waals surface area contributed by atoms with Crippen molar-refractivity contribution in [1.29, 1.82) is 0 Å². The van der Waals surface area contributed by atoms with Crippen molar-refractivity contribution < 1.29 is 22.6 Å². The van der Waals surface area contributed by atoms with Crippen LogP contribution in [0, 0.1) is 0 Å². The van der Waals surface area contributed by atoms with Crippen LogP contribution in [0.1, 0.15) is 26.3 Å². The number of nitrogen functional groups attached to an aromatic ring is 1. The van der Waals surface area contributed by atoms with Gasteiger partial charge in [0.25, 0.3) is 11.8 Å². The van der Waals surface area contributed by atoms with Crippen LogP contribution in [0.15, 0.2) is 97.1 Å². The molecule has 9 nitrogen and oxygen atoms in total. The van der Waals surface area contributed by atoms with E-state index < -0.39 is 16.2 Å². The van der Waals surface area contributed by atoms with Crippen LogP contribution in [-0.4, -0.2) is 31.8 Å². The third kappa shape index (κ3) is 6.17. The highest BCUT2D eigenvalue weighted by Crippen LogP contribution is 2.27. The second-order valence-corrected chi connectivity index (χ2v) is 9.91. The van der Waals surface area contributed by atoms with Gasteiger partial charge in [-0.15, -0.1) is 0 Å². The zero-order valence-corrected chi connectivity index (χ0v) is 21.3. The number of rotatable bonds is 8. The topological polar surface area (TPSA) is 142 Å². The van der Waals surface area contributed by atoms with Gasteiger partial charge in [0.15, 0.2) is 0 Å². The Kier molecular flexibility index (Phi) is 7.75. The Balaban J connectivity index is 1.41. The molecule has 4 aromatic rings. The molecule has 0 bridgehead atoms. The van der Waals surface area contributed by atoms with Crippen molar-refractivity contribution in [1.82, 2.24) is 5.32 Å². The summed E-state index contributed by atoms with van der Waals surface area (Å²) in [6, 6.07) is 27.9. The average molecular weight is 531 g/mol. The number of nitrogens with one attached hydrogen (secondary N) is 2. The SMILES string of the molecule is CN(c1ccccc1C(=O)NCc1ccc(C(=O)Nc2cc(-c3ccccc3)ccc2N)cc1)S(=O)(=O)O. The molecule has 10 heteroatoms. The molecule has 194 valence electrons. The van der Waals surface area contributed by atoms with Gasteiger partial charge in [-0.2, -0.15) is 8.42 Å². The van der Waals surface area contributed by atoms with Gasteiger partial charge < -0.3 is 16.4 Å². The molecule has 0 aliphatic heterocycles. The standard InChI is InChI=1S/C28H26N4O5S/c1-32(38(35,36)37)26-10-6-5-9-23(26)28(34)30-18-19-11-13-21(14-12-19)27(33)31-25-17-22(15-16-24(25)29)20-7-3-2-4-8-20/h2-17H,18,29H2,1H3,(H,30,34)(H,31,33)(H,35,36,37). The fourth-order valence-corrected chi connectivity index (χ4v) is 4.19. The summed E-state index contributed by atoms with van der Waals surface area (Å²) in [5, 5.41) is 5.57. The third-order valence-electron chi connectivity index (χ3n) is 5.91. The lowest BCUT2D eigenvalue weighted by Gasteiger charge is -2.18. The van der Waals surface area contributed by atoms with Crippen molar-refractivity contribution in [3.05, 3.63) is 114 Å². The minimum absolute atomic E-state index is 0.0372. The highest BCUT2D eigenvalue weighted by atomic mass is 32.2. The zero-order valence-electron chi connectivity index (χ0n) is 20.5. The fraction of sp³-hybridized carbons (Fsp3) is 0.0714. The van der Waals surface area contributed by atoms with Gasteiger partial charge in [-0.1, -0.05) is 60.7 Å². The Labute approximate surface area is 220 Å². The molecule has 0 fully saturated rings. The molecule has 0 spiro atoms. The van der Waals surface area contributed by atoms with Crippen molar-refractivity contribution in [2.24, 2.45) is 0 Å². The lowest BCUT2D eigenvalue weighted by Crippen LogP contribution is -2.30. The molecule has 0 heterocycles. The molecule has 0 radical (unpaired) electrons. The molecule has 4 aromatic carbocycles. The summed E-state index contributed by atoms with van der Waals surface area (Å²) in [5.41, 5.74) is 10.2. The van der Waals surface area contributed by atoms with Gasteiger partial charge in [-0.05, 0) is 53.1 Å². The predicted octanol–water partition coefficient (Wildman–Crippen LogP) is 4.36. The van der Waals surface area contributed by atoms with E-state index in [2.05, 4.69) is 10.6 Å². The van der Waals surface area contributed by atoms with E-state index in [0.717, 1.165) is 23.7 Å². The van der Waals surface area contributed by atoms with Crippen LogP contribution in [0.25, 0.3) is 11.1 Å². The number of benzene rings is 4. The van der Waals surface area contributed by atoms with Gasteiger partial charge in [-0.25, -0.2) is 0 Å². The molecule has 2 amide bonds. The monoisotopic (exact) mass is 530 g/mol. The Morgan fingerprint density at radius 2 is 1.50 bits per heavy atom. The summed E-state index contributed by atoms with van der Waals surface area (Å²) >= 11 is 0. The van der Waals surface area contributed by atoms with E-state index in [-0.39, 0.29) is 23.7 Å². The molecule has 0 saturated heterocycles. The quantitative estimate of drug-likeness (QED) is 0.197. The van der Waals surface area contributed by atoms with Crippen molar-refractivity contribution in [3.63, 3.8) is 0 Å². The van der Waals surface area contributed by atoms with E-state index in [1.807, 2.05) is 42.5 Å². The Morgan fingerprint density at radius 1 is 0.842 bits per heavy atom. The van der Waals surface area contributed by atoms with Crippen molar-refractivity contribution in [2.75, 3.05) is 22.4 Å². The molecule has 0 aliphatic rings. The lowest BCUT2D eigenvalue weighted by molar-refractivity contribution is 0.0950. The van der Waals surface area contributed by atoms with Crippen molar-refractivity contribution in [3.8, 4) is 11.1 Å². The first kappa shape index (κ1) is 26.4. The second kappa shape index (κ2) is 11.2. The van der Waals surface area contributed by atoms with Crippen LogP contribution in [-0.2, 0) is 16.8 Å². The highest BCUT2D eigenvalue weighted by molar-refractivity contribution is 7.87.